The van der Waals surface area contributed by atoms with Crippen molar-refractivity contribution < 1.29 is 9.37 Å². The summed E-state index contributed by atoms with van der Waals surface area (Å²) >= 11 is 0. The largest absolute Gasteiger partial charge is 0.338 e. The van der Waals surface area contributed by atoms with Gasteiger partial charge in [0.05, 0.1) is 11.7 Å². The molecule has 3 atom stereocenters. The van der Waals surface area contributed by atoms with Crippen molar-refractivity contribution in [1.29, 1.82) is 0 Å². The summed E-state index contributed by atoms with van der Waals surface area (Å²) in [5.74, 6) is 2.45. The molecule has 4 rings (SSSR count). The summed E-state index contributed by atoms with van der Waals surface area (Å²) in [4.78, 5) is 13.7. The molecule has 3 unspecified atom stereocenters. The molecule has 154 valence electrons. The molecule has 3 aliphatic heterocycles. The number of hydrogen-bond donors (Lipinski definition) is 1. The van der Waals surface area contributed by atoms with Gasteiger partial charge in [-0.1, -0.05) is 13.8 Å². The predicted molar refractivity (Wildman–Crippen MR) is 111 cm³/mol. The number of amides is 1. The quantitative estimate of drug-likeness (QED) is 0.809. The number of rotatable bonds is 3. The fourth-order valence-electron chi connectivity index (χ4n) is 5.40. The Balaban J connectivity index is 1.44. The summed E-state index contributed by atoms with van der Waals surface area (Å²) in [5, 5.41) is 8.46. The first-order valence-electron chi connectivity index (χ1n) is 11.0. The van der Waals surface area contributed by atoms with E-state index in [9.17, 15) is 4.79 Å². The maximum absolute atomic E-state index is 11.8. The van der Waals surface area contributed by atoms with Gasteiger partial charge in [0.2, 0.25) is 5.91 Å². The van der Waals surface area contributed by atoms with Gasteiger partial charge >= 0.3 is 0 Å². The second-order valence-electron chi connectivity index (χ2n) is 9.28. The Morgan fingerprint density at radius 2 is 2.07 bits per heavy atom. The molecule has 1 aromatic rings. The number of nitrogens with one attached hydrogen (secondary N) is 1. The lowest BCUT2D eigenvalue weighted by molar-refractivity contribution is -0.540. The molecule has 6 nitrogen and oxygen atoms in total. The molecule has 1 N–H and O–H groups in total. The van der Waals surface area contributed by atoms with Crippen LogP contribution in [-0.4, -0.2) is 64.1 Å². The van der Waals surface area contributed by atoms with E-state index < -0.39 is 0 Å². The molecule has 28 heavy (non-hydrogen) atoms. The second-order valence-corrected chi connectivity index (χ2v) is 9.28. The second kappa shape index (κ2) is 7.97. The van der Waals surface area contributed by atoms with Crippen molar-refractivity contribution in [3.8, 4) is 0 Å². The van der Waals surface area contributed by atoms with Gasteiger partial charge in [-0.3, -0.25) is 9.48 Å². The van der Waals surface area contributed by atoms with E-state index in [2.05, 4.69) is 41.6 Å². The lowest BCUT2D eigenvalue weighted by Crippen LogP contribution is -2.45. The van der Waals surface area contributed by atoms with E-state index >= 15 is 0 Å². The van der Waals surface area contributed by atoms with E-state index in [1.54, 1.807) is 6.92 Å². The molecular formula is C22H36N5O+. The molecule has 1 aromatic heterocycles. The zero-order chi connectivity index (χ0) is 19.8. The third-order valence-electron chi connectivity index (χ3n) is 7.30. The number of nitrogens with zero attached hydrogens (tertiary/aromatic N) is 4. The zero-order valence-electron chi connectivity index (χ0n) is 17.9. The first kappa shape index (κ1) is 19.6. The number of aromatic nitrogens is 2. The van der Waals surface area contributed by atoms with Gasteiger partial charge in [-0.05, 0) is 31.8 Å². The third-order valence-corrected chi connectivity index (χ3v) is 7.30. The molecule has 6 heteroatoms. The Morgan fingerprint density at radius 3 is 2.71 bits per heavy atom. The van der Waals surface area contributed by atoms with Gasteiger partial charge in [-0.2, -0.15) is 5.10 Å². The molecule has 3 aliphatic rings. The average molecular weight is 387 g/mol. The van der Waals surface area contributed by atoms with Gasteiger partial charge in [0.1, 0.15) is 19.3 Å². The highest BCUT2D eigenvalue weighted by Crippen LogP contribution is 2.29. The molecule has 4 heterocycles. The Kier molecular flexibility index (Phi) is 5.59. The molecule has 0 spiro atoms. The summed E-state index contributed by atoms with van der Waals surface area (Å²) in [6.45, 7) is 14.7. The summed E-state index contributed by atoms with van der Waals surface area (Å²) in [6, 6.07) is 0.463. The predicted octanol–water partition coefficient (Wildman–Crippen LogP) is 2.01. The summed E-state index contributed by atoms with van der Waals surface area (Å²) in [6.07, 6.45) is 5.59. The number of piperidine rings is 1. The number of aryl methyl sites for hydroxylation is 1. The Bertz CT molecular complexity index is 757. The van der Waals surface area contributed by atoms with Crippen LogP contribution in [0.25, 0.3) is 0 Å². The van der Waals surface area contributed by atoms with E-state index in [4.69, 9.17) is 5.10 Å². The van der Waals surface area contributed by atoms with Crippen molar-refractivity contribution in [1.82, 2.24) is 20.0 Å². The summed E-state index contributed by atoms with van der Waals surface area (Å²) in [5.41, 5.74) is 3.74. The van der Waals surface area contributed by atoms with E-state index in [0.717, 1.165) is 75.4 Å². The summed E-state index contributed by atoms with van der Waals surface area (Å²) in [7, 11) is 0. The smallest absolute Gasteiger partial charge is 0.219 e. The Labute approximate surface area is 169 Å². The maximum atomic E-state index is 11.8. The standard InChI is InChI=1S/C22H36N5O/c1-15-11-23-12-16(2)20(15)13-25-8-5-19(6-9-25)27-22-7-10-26(18(4)28)14-21(22)17(3)24-27/h8,15-16,19-20,23H,5-7,9-14H2,1-4H3/q+1. The van der Waals surface area contributed by atoms with Gasteiger partial charge in [0.15, 0.2) is 0 Å². The first-order chi connectivity index (χ1) is 13.4. The molecule has 0 aliphatic carbocycles. The molecule has 1 fully saturated rings. The van der Waals surface area contributed by atoms with Crippen LogP contribution in [0.5, 0.6) is 0 Å². The number of fused-ring (bicyclic) bond motifs is 1. The lowest BCUT2D eigenvalue weighted by Gasteiger charge is -2.34. The third kappa shape index (κ3) is 3.76. The van der Waals surface area contributed by atoms with Crippen LogP contribution >= 0.6 is 0 Å². The Morgan fingerprint density at radius 1 is 1.32 bits per heavy atom. The van der Waals surface area contributed by atoms with Gasteiger partial charge in [-0.15, -0.1) is 0 Å². The Hall–Kier alpha value is -1.69. The number of hydrogen-bond acceptors (Lipinski definition) is 3. The van der Waals surface area contributed by atoms with Gasteiger partial charge < -0.3 is 10.2 Å². The minimum absolute atomic E-state index is 0.167. The van der Waals surface area contributed by atoms with Crippen molar-refractivity contribution in [2.24, 2.45) is 17.8 Å². The van der Waals surface area contributed by atoms with E-state index in [1.165, 1.54) is 17.8 Å². The minimum atomic E-state index is 0.167. The van der Waals surface area contributed by atoms with Crippen LogP contribution in [0.1, 0.15) is 56.6 Å². The van der Waals surface area contributed by atoms with E-state index in [1.807, 2.05) is 4.90 Å². The van der Waals surface area contributed by atoms with Crippen molar-refractivity contribution in [2.75, 3.05) is 32.7 Å². The van der Waals surface area contributed by atoms with Gasteiger partial charge in [-0.25, -0.2) is 4.58 Å². The fraction of sp³-hybridized carbons (Fsp3) is 0.773. The lowest BCUT2D eigenvalue weighted by atomic mass is 9.80. The van der Waals surface area contributed by atoms with Crippen LogP contribution in [-0.2, 0) is 17.8 Å². The summed E-state index contributed by atoms with van der Waals surface area (Å²) < 4.78 is 4.87. The first-order valence-corrected chi connectivity index (χ1v) is 11.0. The number of carbonyl (C=O) groups is 1. The molecule has 1 saturated heterocycles. The van der Waals surface area contributed by atoms with Crippen LogP contribution in [0.3, 0.4) is 0 Å². The van der Waals surface area contributed by atoms with E-state index in [0.29, 0.717) is 6.04 Å². The molecule has 0 radical (unpaired) electrons. The maximum Gasteiger partial charge on any atom is 0.219 e. The zero-order valence-corrected chi connectivity index (χ0v) is 17.9. The molecule has 1 amide bonds. The van der Waals surface area contributed by atoms with Crippen LogP contribution in [0.2, 0.25) is 0 Å². The molecule has 0 bridgehead atoms. The molecule has 0 aromatic carbocycles. The van der Waals surface area contributed by atoms with Crippen molar-refractivity contribution >= 4 is 12.1 Å². The average Bonchev–Trinajstić information content (AvgIpc) is 3.01. The SMILES string of the molecule is CC(=O)N1CCc2c(c(C)nn2C2CC=[N+](CC3C(C)CNCC3C)CC2)C1. The van der Waals surface area contributed by atoms with Crippen LogP contribution < -0.4 is 5.32 Å². The highest BCUT2D eigenvalue weighted by atomic mass is 16.2. The highest BCUT2D eigenvalue weighted by molar-refractivity contribution is 5.73. The molecular weight excluding hydrogens is 350 g/mol. The van der Waals surface area contributed by atoms with Crippen LogP contribution in [0, 0.1) is 24.7 Å². The van der Waals surface area contributed by atoms with Crippen LogP contribution in [0.15, 0.2) is 0 Å². The topological polar surface area (TPSA) is 53.2 Å². The fourth-order valence-corrected chi connectivity index (χ4v) is 5.40. The van der Waals surface area contributed by atoms with Crippen LogP contribution in [0.4, 0.5) is 0 Å². The van der Waals surface area contributed by atoms with Gasteiger partial charge in [0, 0.05) is 56.5 Å². The normalized spacial score (nSPS) is 30.7. The molecule has 0 saturated carbocycles. The highest BCUT2D eigenvalue weighted by Gasteiger charge is 2.34. The van der Waals surface area contributed by atoms with Crippen molar-refractivity contribution in [2.45, 2.75) is 59.5 Å². The number of carbonyl (C=O) groups excluding carboxylic acids is 1. The van der Waals surface area contributed by atoms with Crippen molar-refractivity contribution in [3.05, 3.63) is 17.0 Å². The van der Waals surface area contributed by atoms with Gasteiger partial charge in [0.25, 0.3) is 0 Å². The van der Waals surface area contributed by atoms with E-state index in [-0.39, 0.29) is 5.91 Å². The van der Waals surface area contributed by atoms with Crippen molar-refractivity contribution in [3.63, 3.8) is 0 Å². The monoisotopic (exact) mass is 386 g/mol. The minimum Gasteiger partial charge on any atom is -0.338 e.